The highest BCUT2D eigenvalue weighted by Gasteiger charge is 2.23. The molecule has 1 aromatic carbocycles. The van der Waals surface area contributed by atoms with Gasteiger partial charge in [-0.2, -0.15) is 4.98 Å². The monoisotopic (exact) mass is 343 g/mol. The zero-order chi connectivity index (χ0) is 17.6. The van der Waals surface area contributed by atoms with Gasteiger partial charge in [-0.05, 0) is 18.4 Å². The number of nitrogens with zero attached hydrogens (tertiary/aromatic N) is 3. The molecule has 6 heteroatoms. The van der Waals surface area contributed by atoms with Crippen LogP contribution < -0.4 is 0 Å². The molecule has 0 radical (unpaired) electrons. The summed E-state index contributed by atoms with van der Waals surface area (Å²) in [4.78, 5) is 18.6. The summed E-state index contributed by atoms with van der Waals surface area (Å²) in [6.45, 7) is 6.15. The number of carbonyl (C=O) groups excluding carboxylic acids is 1. The number of morpholine rings is 1. The highest BCUT2D eigenvalue weighted by Crippen LogP contribution is 2.18. The molecular formula is C19H25N3O3. The van der Waals surface area contributed by atoms with E-state index in [1.165, 1.54) is 5.56 Å². The first-order valence-corrected chi connectivity index (χ1v) is 9.00. The van der Waals surface area contributed by atoms with Gasteiger partial charge in [-0.3, -0.25) is 4.79 Å². The summed E-state index contributed by atoms with van der Waals surface area (Å²) >= 11 is 0. The van der Waals surface area contributed by atoms with Crippen molar-refractivity contribution in [2.24, 2.45) is 0 Å². The molecule has 2 heterocycles. The molecular weight excluding hydrogens is 318 g/mol. The number of rotatable bonds is 6. The van der Waals surface area contributed by atoms with Crippen LogP contribution in [0.1, 0.15) is 38.1 Å². The third kappa shape index (κ3) is 4.45. The molecule has 1 amide bonds. The van der Waals surface area contributed by atoms with Crippen LogP contribution in [-0.4, -0.2) is 46.7 Å². The van der Waals surface area contributed by atoms with Crippen molar-refractivity contribution in [1.82, 2.24) is 15.0 Å². The second-order valence-electron chi connectivity index (χ2n) is 6.30. The summed E-state index contributed by atoms with van der Waals surface area (Å²) in [5.74, 6) is 1.19. The van der Waals surface area contributed by atoms with Crippen LogP contribution >= 0.6 is 0 Å². The first-order chi connectivity index (χ1) is 12.2. The largest absolute Gasteiger partial charge is 0.375 e. The minimum Gasteiger partial charge on any atom is -0.375 e. The number of aromatic nitrogens is 2. The number of amides is 1. The van der Waals surface area contributed by atoms with Crippen LogP contribution in [0.25, 0.3) is 11.4 Å². The van der Waals surface area contributed by atoms with E-state index in [1.54, 1.807) is 0 Å². The Labute approximate surface area is 148 Å². The maximum atomic E-state index is 12.4. The minimum atomic E-state index is 0.119. The molecule has 1 aliphatic heterocycles. The van der Waals surface area contributed by atoms with Gasteiger partial charge < -0.3 is 14.2 Å². The Morgan fingerprint density at radius 3 is 2.80 bits per heavy atom. The summed E-state index contributed by atoms with van der Waals surface area (Å²) in [5.41, 5.74) is 2.20. The van der Waals surface area contributed by atoms with Crippen LogP contribution in [0.2, 0.25) is 0 Å². The van der Waals surface area contributed by atoms with E-state index < -0.39 is 0 Å². The topological polar surface area (TPSA) is 68.5 Å². The molecule has 0 N–H and O–H groups in total. The van der Waals surface area contributed by atoms with Crippen molar-refractivity contribution in [3.05, 3.63) is 35.7 Å². The van der Waals surface area contributed by atoms with Gasteiger partial charge in [-0.1, -0.05) is 43.3 Å². The van der Waals surface area contributed by atoms with Crippen LogP contribution in [-0.2, 0) is 22.4 Å². The van der Waals surface area contributed by atoms with Crippen molar-refractivity contribution in [2.45, 2.75) is 45.6 Å². The van der Waals surface area contributed by atoms with E-state index in [9.17, 15) is 4.79 Å². The molecule has 6 nitrogen and oxygen atoms in total. The van der Waals surface area contributed by atoms with Gasteiger partial charge in [-0.15, -0.1) is 0 Å². The van der Waals surface area contributed by atoms with Gasteiger partial charge in [0.2, 0.25) is 17.6 Å². The molecule has 1 aromatic heterocycles. The normalized spacial score (nSPS) is 17.7. The molecule has 0 aliphatic carbocycles. The number of hydrogen-bond acceptors (Lipinski definition) is 5. The van der Waals surface area contributed by atoms with Crippen LogP contribution in [0.4, 0.5) is 0 Å². The molecule has 134 valence electrons. The van der Waals surface area contributed by atoms with E-state index in [4.69, 9.17) is 9.26 Å². The Morgan fingerprint density at radius 2 is 2.08 bits per heavy atom. The van der Waals surface area contributed by atoms with Gasteiger partial charge >= 0.3 is 0 Å². The molecule has 2 aromatic rings. The van der Waals surface area contributed by atoms with Crippen molar-refractivity contribution in [3.63, 3.8) is 0 Å². The maximum absolute atomic E-state index is 12.4. The highest BCUT2D eigenvalue weighted by molar-refractivity contribution is 5.76. The Morgan fingerprint density at radius 1 is 1.28 bits per heavy atom. The van der Waals surface area contributed by atoms with Crippen molar-refractivity contribution < 1.29 is 14.1 Å². The van der Waals surface area contributed by atoms with Gasteiger partial charge in [0.05, 0.1) is 12.7 Å². The molecule has 1 saturated heterocycles. The van der Waals surface area contributed by atoms with E-state index in [1.807, 2.05) is 17.0 Å². The number of ether oxygens (including phenoxy) is 1. The summed E-state index contributed by atoms with van der Waals surface area (Å²) < 4.78 is 10.9. The zero-order valence-corrected chi connectivity index (χ0v) is 14.9. The predicted octanol–water partition coefficient (Wildman–Crippen LogP) is 2.87. The van der Waals surface area contributed by atoms with E-state index in [0.29, 0.717) is 44.3 Å². The lowest BCUT2D eigenvalue weighted by Crippen LogP contribution is -2.45. The lowest BCUT2D eigenvalue weighted by atomic mass is 10.1. The summed E-state index contributed by atoms with van der Waals surface area (Å²) in [6, 6.07) is 8.13. The lowest BCUT2D eigenvalue weighted by Gasteiger charge is -2.32. The summed E-state index contributed by atoms with van der Waals surface area (Å²) in [5, 5.41) is 4.03. The van der Waals surface area contributed by atoms with Crippen molar-refractivity contribution in [1.29, 1.82) is 0 Å². The average Bonchev–Trinajstić information content (AvgIpc) is 3.15. The molecule has 1 atom stereocenters. The molecule has 25 heavy (non-hydrogen) atoms. The van der Waals surface area contributed by atoms with Gasteiger partial charge in [0.15, 0.2) is 0 Å². The summed E-state index contributed by atoms with van der Waals surface area (Å²) in [6.07, 6.45) is 2.92. The number of benzene rings is 1. The third-order valence-electron chi connectivity index (χ3n) is 4.59. The van der Waals surface area contributed by atoms with Gasteiger partial charge in [0.1, 0.15) is 0 Å². The van der Waals surface area contributed by atoms with E-state index in [-0.39, 0.29) is 12.0 Å². The van der Waals surface area contributed by atoms with Crippen molar-refractivity contribution in [3.8, 4) is 11.4 Å². The molecule has 0 spiro atoms. The third-order valence-corrected chi connectivity index (χ3v) is 4.59. The lowest BCUT2D eigenvalue weighted by molar-refractivity contribution is -0.138. The molecule has 1 aliphatic rings. The minimum absolute atomic E-state index is 0.119. The molecule has 0 bridgehead atoms. The van der Waals surface area contributed by atoms with E-state index in [2.05, 4.69) is 36.1 Å². The van der Waals surface area contributed by atoms with Crippen LogP contribution in [0.3, 0.4) is 0 Å². The van der Waals surface area contributed by atoms with Crippen LogP contribution in [0, 0.1) is 0 Å². The van der Waals surface area contributed by atoms with Gasteiger partial charge in [-0.25, -0.2) is 0 Å². The molecule has 0 saturated carbocycles. The number of carbonyl (C=O) groups is 1. The Balaban J connectivity index is 1.55. The van der Waals surface area contributed by atoms with Gasteiger partial charge in [0.25, 0.3) is 0 Å². The van der Waals surface area contributed by atoms with Crippen LogP contribution in [0.5, 0.6) is 0 Å². The second kappa shape index (κ2) is 8.25. The fourth-order valence-electron chi connectivity index (χ4n) is 2.93. The van der Waals surface area contributed by atoms with Crippen molar-refractivity contribution >= 4 is 5.91 Å². The maximum Gasteiger partial charge on any atom is 0.227 e. The molecule has 3 rings (SSSR count). The Hall–Kier alpha value is -2.21. The number of hydrogen-bond donors (Lipinski definition) is 0. The quantitative estimate of drug-likeness (QED) is 0.807. The fourth-order valence-corrected chi connectivity index (χ4v) is 2.93. The SMILES string of the molecule is CCc1ccc(-c2noc(CCC(=O)N3CCO[C@H](CC)C3)n2)cc1. The number of aryl methyl sites for hydroxylation is 2. The van der Waals surface area contributed by atoms with Crippen LogP contribution in [0.15, 0.2) is 28.8 Å². The van der Waals surface area contributed by atoms with Gasteiger partial charge in [0, 0.05) is 31.5 Å². The average molecular weight is 343 g/mol. The highest BCUT2D eigenvalue weighted by atomic mass is 16.5. The van der Waals surface area contributed by atoms with E-state index >= 15 is 0 Å². The first kappa shape index (κ1) is 17.6. The zero-order valence-electron chi connectivity index (χ0n) is 14.9. The fraction of sp³-hybridized carbons (Fsp3) is 0.526. The Kier molecular flexibility index (Phi) is 5.81. The van der Waals surface area contributed by atoms with Crippen molar-refractivity contribution in [2.75, 3.05) is 19.7 Å². The molecule has 0 unspecified atom stereocenters. The Bertz CT molecular complexity index is 696. The first-order valence-electron chi connectivity index (χ1n) is 9.00. The molecule has 1 fully saturated rings. The predicted molar refractivity (Wildman–Crippen MR) is 94.0 cm³/mol. The smallest absolute Gasteiger partial charge is 0.227 e. The van der Waals surface area contributed by atoms with E-state index in [0.717, 1.165) is 18.4 Å². The second-order valence-corrected chi connectivity index (χ2v) is 6.30. The summed E-state index contributed by atoms with van der Waals surface area (Å²) in [7, 11) is 0. The standard InChI is InChI=1S/C19H25N3O3/c1-3-14-5-7-15(8-6-14)19-20-17(25-21-19)9-10-18(23)22-11-12-24-16(4-2)13-22/h5-8,16H,3-4,9-13H2,1-2H3/t16-/m1/s1.